The van der Waals surface area contributed by atoms with Crippen LogP contribution in [-0.4, -0.2) is 90.1 Å². The maximum Gasteiger partial charge on any atom is 0.407 e. The average molecular weight is 515 g/mol. The average Bonchev–Trinajstić information content (AvgIpc) is 3.07. The van der Waals surface area contributed by atoms with Gasteiger partial charge in [-0.05, 0) is 51.7 Å². The fourth-order valence-electron chi connectivity index (χ4n) is 4.90. The molecule has 0 radical (unpaired) electrons. The zero-order valence-corrected chi connectivity index (χ0v) is 21.5. The monoisotopic (exact) mass is 514 g/mol. The number of carbonyl (C=O) groups excluding carboxylic acids is 5. The van der Waals surface area contributed by atoms with Gasteiger partial charge in [0.2, 0.25) is 11.8 Å². The van der Waals surface area contributed by atoms with Gasteiger partial charge < -0.3 is 14.8 Å². The number of ether oxygens (including phenoxy) is 2. The summed E-state index contributed by atoms with van der Waals surface area (Å²) < 4.78 is 11.2. The van der Waals surface area contributed by atoms with Crippen LogP contribution in [-0.2, 0) is 25.5 Å². The van der Waals surface area contributed by atoms with E-state index in [2.05, 4.69) is 15.5 Å². The number of morpholine rings is 1. The number of nitrogens with one attached hydrogen (secondary N) is 2. The Labute approximate surface area is 215 Å². The van der Waals surface area contributed by atoms with E-state index in [1.165, 1.54) is 0 Å². The third kappa shape index (κ3) is 6.34. The first kappa shape index (κ1) is 26.7. The van der Waals surface area contributed by atoms with E-state index in [1.54, 1.807) is 12.1 Å². The second kappa shape index (κ2) is 11.0. The largest absolute Gasteiger partial charge is 0.444 e. The zero-order chi connectivity index (χ0) is 26.7. The van der Waals surface area contributed by atoms with E-state index < -0.39 is 41.4 Å². The molecule has 200 valence electrons. The summed E-state index contributed by atoms with van der Waals surface area (Å²) in [6.45, 7) is 8.56. The molecule has 2 saturated heterocycles. The molecule has 1 aromatic rings. The molecule has 5 amide bonds. The number of nitrogens with zero attached hydrogens (tertiary/aromatic N) is 2. The van der Waals surface area contributed by atoms with Gasteiger partial charge in [0, 0.05) is 32.6 Å². The number of imide groups is 2. The third-order valence-electron chi connectivity index (χ3n) is 6.61. The Morgan fingerprint density at radius 1 is 1.19 bits per heavy atom. The quantitative estimate of drug-likeness (QED) is 0.519. The summed E-state index contributed by atoms with van der Waals surface area (Å²) in [4.78, 5) is 65.2. The van der Waals surface area contributed by atoms with Crippen molar-refractivity contribution in [1.29, 1.82) is 0 Å². The molecule has 11 heteroatoms. The summed E-state index contributed by atoms with van der Waals surface area (Å²) in [5, 5.41) is 4.98. The molecule has 0 spiro atoms. The number of carbonyl (C=O) groups is 5. The summed E-state index contributed by atoms with van der Waals surface area (Å²) >= 11 is 0. The standard InChI is InChI=1S/C26H34N4O7/c1-26(2,3)37-25(35)27-11-12-29-13-14-36-17(15-29)8-7-16-5-4-6-18-21(16)24(34)30(23(18)33)19-9-10-20(31)28-22(19)32/h4-6,17,19H,7-15H2,1-3H3,(H,27,35)(H,28,31,32)/t17-,19?/m0/s1. The highest BCUT2D eigenvalue weighted by Crippen LogP contribution is 2.31. The Kier molecular flexibility index (Phi) is 7.93. The van der Waals surface area contributed by atoms with E-state index in [4.69, 9.17) is 9.47 Å². The predicted octanol–water partition coefficient (Wildman–Crippen LogP) is 1.25. The first-order valence-corrected chi connectivity index (χ1v) is 12.7. The Hall–Kier alpha value is -3.31. The molecule has 0 aliphatic carbocycles. The number of alkyl carbamates (subject to hydrolysis) is 1. The van der Waals surface area contributed by atoms with E-state index in [0.29, 0.717) is 44.6 Å². The Morgan fingerprint density at radius 2 is 1.97 bits per heavy atom. The number of fused-ring (bicyclic) bond motifs is 1. The van der Waals surface area contributed by atoms with E-state index >= 15 is 0 Å². The fraction of sp³-hybridized carbons (Fsp3) is 0.577. The first-order chi connectivity index (χ1) is 17.5. The molecule has 0 aromatic heterocycles. The van der Waals surface area contributed by atoms with E-state index in [9.17, 15) is 24.0 Å². The Morgan fingerprint density at radius 3 is 2.70 bits per heavy atom. The summed E-state index contributed by atoms with van der Waals surface area (Å²) in [5.74, 6) is -2.02. The summed E-state index contributed by atoms with van der Waals surface area (Å²) in [6, 6.07) is 4.18. The molecule has 2 fully saturated rings. The van der Waals surface area contributed by atoms with Gasteiger partial charge in [-0.25, -0.2) is 4.79 Å². The van der Waals surface area contributed by atoms with Crippen molar-refractivity contribution in [3.8, 4) is 0 Å². The van der Waals surface area contributed by atoms with Gasteiger partial charge in [0.1, 0.15) is 11.6 Å². The number of rotatable bonds is 7. The molecule has 4 rings (SSSR count). The minimum absolute atomic E-state index is 0.0652. The fourth-order valence-corrected chi connectivity index (χ4v) is 4.90. The first-order valence-electron chi connectivity index (χ1n) is 12.7. The maximum atomic E-state index is 13.3. The molecule has 1 aromatic carbocycles. The lowest BCUT2D eigenvalue weighted by Crippen LogP contribution is -2.54. The SMILES string of the molecule is CC(C)(C)OC(=O)NCCN1CCO[C@@H](CCc2cccc3c2C(=O)N(C2CCC(=O)NC2=O)C3=O)C1. The van der Waals surface area contributed by atoms with E-state index in [1.807, 2.05) is 26.8 Å². The van der Waals surface area contributed by atoms with Crippen LogP contribution in [0.25, 0.3) is 0 Å². The van der Waals surface area contributed by atoms with Gasteiger partial charge in [-0.3, -0.25) is 34.3 Å². The number of benzene rings is 1. The molecule has 3 aliphatic rings. The second-order valence-corrected chi connectivity index (χ2v) is 10.5. The van der Waals surface area contributed by atoms with Crippen LogP contribution in [0.1, 0.15) is 66.3 Å². The maximum absolute atomic E-state index is 13.3. The van der Waals surface area contributed by atoms with E-state index in [-0.39, 0.29) is 24.5 Å². The predicted molar refractivity (Wildman–Crippen MR) is 132 cm³/mol. The van der Waals surface area contributed by atoms with Crippen LogP contribution in [0.15, 0.2) is 18.2 Å². The topological polar surface area (TPSA) is 134 Å². The normalized spacial score (nSPS) is 22.6. The smallest absolute Gasteiger partial charge is 0.407 e. The van der Waals surface area contributed by atoms with Crippen LogP contribution in [0.2, 0.25) is 0 Å². The molecule has 37 heavy (non-hydrogen) atoms. The number of hydrogen-bond donors (Lipinski definition) is 2. The highest BCUT2D eigenvalue weighted by Gasteiger charge is 2.45. The third-order valence-corrected chi connectivity index (χ3v) is 6.61. The molecule has 3 heterocycles. The van der Waals surface area contributed by atoms with Crippen LogP contribution >= 0.6 is 0 Å². The lowest BCUT2D eigenvalue weighted by Gasteiger charge is -2.33. The zero-order valence-electron chi connectivity index (χ0n) is 21.5. The van der Waals surface area contributed by atoms with Gasteiger partial charge in [-0.1, -0.05) is 12.1 Å². The van der Waals surface area contributed by atoms with Crippen molar-refractivity contribution in [2.75, 3.05) is 32.8 Å². The van der Waals surface area contributed by atoms with Crippen LogP contribution < -0.4 is 10.6 Å². The van der Waals surface area contributed by atoms with Crippen molar-refractivity contribution in [3.63, 3.8) is 0 Å². The van der Waals surface area contributed by atoms with Crippen LogP contribution in [0.5, 0.6) is 0 Å². The number of amides is 5. The molecule has 3 aliphatic heterocycles. The van der Waals surface area contributed by atoms with Crippen LogP contribution in [0.3, 0.4) is 0 Å². The molecular formula is C26H34N4O7. The summed E-state index contributed by atoms with van der Waals surface area (Å²) in [7, 11) is 0. The Bertz CT molecular complexity index is 1100. The minimum atomic E-state index is -0.984. The highest BCUT2D eigenvalue weighted by atomic mass is 16.6. The molecule has 2 atom stereocenters. The lowest BCUT2D eigenvalue weighted by molar-refractivity contribution is -0.136. The number of piperidine rings is 1. The summed E-state index contributed by atoms with van der Waals surface area (Å²) in [6.07, 6.45) is 0.872. The van der Waals surface area contributed by atoms with Crippen LogP contribution in [0, 0.1) is 0 Å². The molecule has 0 bridgehead atoms. The van der Waals surface area contributed by atoms with Gasteiger partial charge in [-0.15, -0.1) is 0 Å². The van der Waals surface area contributed by atoms with Gasteiger partial charge in [-0.2, -0.15) is 0 Å². The molecule has 2 N–H and O–H groups in total. The molecule has 1 unspecified atom stereocenters. The van der Waals surface area contributed by atoms with Crippen molar-refractivity contribution in [2.24, 2.45) is 0 Å². The van der Waals surface area contributed by atoms with Gasteiger partial charge in [0.25, 0.3) is 11.8 Å². The van der Waals surface area contributed by atoms with Crippen molar-refractivity contribution in [1.82, 2.24) is 20.4 Å². The molecule has 0 saturated carbocycles. The summed E-state index contributed by atoms with van der Waals surface area (Å²) in [5.41, 5.74) is 0.799. The number of hydrogen-bond acceptors (Lipinski definition) is 8. The number of aryl methyl sites for hydroxylation is 1. The van der Waals surface area contributed by atoms with Crippen molar-refractivity contribution < 1.29 is 33.4 Å². The van der Waals surface area contributed by atoms with Crippen molar-refractivity contribution in [3.05, 3.63) is 34.9 Å². The van der Waals surface area contributed by atoms with Gasteiger partial charge >= 0.3 is 6.09 Å². The molecular weight excluding hydrogens is 480 g/mol. The van der Waals surface area contributed by atoms with Crippen LogP contribution in [0.4, 0.5) is 4.79 Å². The lowest BCUT2D eigenvalue weighted by atomic mass is 9.97. The highest BCUT2D eigenvalue weighted by molar-refractivity contribution is 6.24. The van der Waals surface area contributed by atoms with Gasteiger partial charge in [0.05, 0.1) is 23.8 Å². The Balaban J connectivity index is 1.33. The molecule has 11 nitrogen and oxygen atoms in total. The second-order valence-electron chi connectivity index (χ2n) is 10.5. The minimum Gasteiger partial charge on any atom is -0.444 e. The van der Waals surface area contributed by atoms with Crippen molar-refractivity contribution in [2.45, 2.75) is 64.2 Å². The van der Waals surface area contributed by atoms with Crippen molar-refractivity contribution >= 4 is 29.7 Å². The van der Waals surface area contributed by atoms with Gasteiger partial charge in [0.15, 0.2) is 0 Å². The van der Waals surface area contributed by atoms with E-state index in [0.717, 1.165) is 17.0 Å².